The quantitative estimate of drug-likeness (QED) is 0.207. The lowest BCUT2D eigenvalue weighted by Crippen LogP contribution is -2.41. The van der Waals surface area contributed by atoms with Crippen LogP contribution in [0.25, 0.3) is 11.1 Å². The Morgan fingerprint density at radius 2 is 1.17 bits per heavy atom. The first-order valence-electron chi connectivity index (χ1n) is 11.8. The molecule has 5 rings (SSSR count). The molecule has 4 aromatic carbocycles. The molecule has 0 N–H and O–H groups in total. The maximum absolute atomic E-state index is 13.5. The molecule has 1 unspecified atom stereocenters. The number of carbonyl (C=O) groups is 3. The molecule has 4 nitrogen and oxygen atoms in total. The summed E-state index contributed by atoms with van der Waals surface area (Å²) in [6.45, 7) is 0. The van der Waals surface area contributed by atoms with Gasteiger partial charge in [-0.3, -0.25) is 19.3 Å². The van der Waals surface area contributed by atoms with Gasteiger partial charge in [-0.15, -0.1) is 0 Å². The van der Waals surface area contributed by atoms with E-state index in [4.69, 9.17) is 0 Å². The molecule has 2 atom stereocenters. The molecular formula is C31H25NO3. The maximum Gasteiger partial charge on any atom is 0.260 e. The van der Waals surface area contributed by atoms with Crippen LogP contribution in [0.1, 0.15) is 32.7 Å². The molecule has 0 radical (unpaired) electrons. The van der Waals surface area contributed by atoms with Crippen LogP contribution in [-0.2, 0) is 11.2 Å². The standard InChI is InChI=1S/C31H25NO3/c33-29(25-12-6-2-7-13-25)28-21-27(32(31(28)35)30(34)26-14-8-3-9-15-26)20-22-16-18-24(19-17-22)23-10-4-1-5-11-23/h1-19,27-28H,20-21H2/t27-,28?/m1/s1. The highest BCUT2D eigenvalue weighted by atomic mass is 16.2. The first-order valence-corrected chi connectivity index (χ1v) is 11.8. The van der Waals surface area contributed by atoms with E-state index < -0.39 is 17.9 Å². The van der Waals surface area contributed by atoms with Gasteiger partial charge in [0.1, 0.15) is 5.92 Å². The molecule has 1 aliphatic heterocycles. The van der Waals surface area contributed by atoms with Crippen molar-refractivity contribution in [2.45, 2.75) is 18.9 Å². The molecule has 1 aliphatic rings. The third kappa shape index (κ3) is 4.69. The predicted octanol–water partition coefficient (Wildman–Crippen LogP) is 5.84. The molecule has 2 amide bonds. The summed E-state index contributed by atoms with van der Waals surface area (Å²) < 4.78 is 0. The number of ketones is 1. The smallest absolute Gasteiger partial charge is 0.260 e. The van der Waals surface area contributed by atoms with Crippen molar-refractivity contribution in [2.75, 3.05) is 0 Å². The molecule has 172 valence electrons. The molecule has 1 fully saturated rings. The van der Waals surface area contributed by atoms with Gasteiger partial charge in [-0.25, -0.2) is 0 Å². The van der Waals surface area contributed by atoms with Crippen LogP contribution in [0.4, 0.5) is 0 Å². The van der Waals surface area contributed by atoms with Crippen LogP contribution in [0.3, 0.4) is 0 Å². The first-order chi connectivity index (χ1) is 17.1. The van der Waals surface area contributed by atoms with Crippen LogP contribution < -0.4 is 0 Å². The summed E-state index contributed by atoms with van der Waals surface area (Å²) in [6.07, 6.45) is 0.809. The second-order valence-electron chi connectivity index (χ2n) is 8.82. The van der Waals surface area contributed by atoms with Gasteiger partial charge in [-0.1, -0.05) is 103 Å². The summed E-state index contributed by atoms with van der Waals surface area (Å²) in [5.41, 5.74) is 4.18. The summed E-state index contributed by atoms with van der Waals surface area (Å²) in [5.74, 6) is -1.87. The highest BCUT2D eigenvalue weighted by molar-refractivity contribution is 6.16. The zero-order valence-corrected chi connectivity index (χ0v) is 19.2. The van der Waals surface area contributed by atoms with E-state index in [-0.39, 0.29) is 11.7 Å². The van der Waals surface area contributed by atoms with Crippen LogP contribution in [-0.4, -0.2) is 28.5 Å². The fraction of sp³-hybridized carbons (Fsp3) is 0.129. The molecule has 0 bridgehead atoms. The van der Waals surface area contributed by atoms with Gasteiger partial charge in [0.05, 0.1) is 0 Å². The van der Waals surface area contributed by atoms with Gasteiger partial charge >= 0.3 is 0 Å². The topological polar surface area (TPSA) is 54.5 Å². The van der Waals surface area contributed by atoms with Crippen molar-refractivity contribution < 1.29 is 14.4 Å². The maximum atomic E-state index is 13.5. The first kappa shape index (κ1) is 22.5. The van der Waals surface area contributed by atoms with Gasteiger partial charge in [0.25, 0.3) is 5.91 Å². The Hall–Kier alpha value is -4.31. The Balaban J connectivity index is 1.43. The molecule has 35 heavy (non-hydrogen) atoms. The number of likely N-dealkylation sites (tertiary alicyclic amines) is 1. The molecular weight excluding hydrogens is 434 g/mol. The summed E-state index contributed by atoms with van der Waals surface area (Å²) in [5, 5.41) is 0. The fourth-order valence-corrected chi connectivity index (χ4v) is 4.75. The van der Waals surface area contributed by atoms with Crippen LogP contribution in [0.2, 0.25) is 0 Å². The Morgan fingerprint density at radius 1 is 0.657 bits per heavy atom. The van der Waals surface area contributed by atoms with E-state index in [0.29, 0.717) is 24.0 Å². The number of imide groups is 1. The second kappa shape index (κ2) is 9.90. The number of rotatable bonds is 6. The van der Waals surface area contributed by atoms with Crippen molar-refractivity contribution in [3.8, 4) is 11.1 Å². The van der Waals surface area contributed by atoms with Crippen molar-refractivity contribution >= 4 is 17.6 Å². The lowest BCUT2D eigenvalue weighted by Gasteiger charge is -2.23. The van der Waals surface area contributed by atoms with Crippen LogP contribution in [0.5, 0.6) is 0 Å². The molecule has 1 saturated heterocycles. The highest BCUT2D eigenvalue weighted by Crippen LogP contribution is 2.32. The summed E-state index contributed by atoms with van der Waals surface area (Å²) >= 11 is 0. The third-order valence-electron chi connectivity index (χ3n) is 6.56. The average molecular weight is 460 g/mol. The average Bonchev–Trinajstić information content (AvgIpc) is 3.25. The summed E-state index contributed by atoms with van der Waals surface area (Å²) in [6, 6.07) is 35.5. The number of hydrogen-bond acceptors (Lipinski definition) is 3. The van der Waals surface area contributed by atoms with E-state index in [1.54, 1.807) is 48.5 Å². The Kier molecular flexibility index (Phi) is 6.36. The lowest BCUT2D eigenvalue weighted by atomic mass is 9.92. The Morgan fingerprint density at radius 3 is 1.77 bits per heavy atom. The largest absolute Gasteiger partial charge is 0.293 e. The van der Waals surface area contributed by atoms with Crippen molar-refractivity contribution in [1.29, 1.82) is 0 Å². The second-order valence-corrected chi connectivity index (χ2v) is 8.82. The fourth-order valence-electron chi connectivity index (χ4n) is 4.75. The molecule has 0 spiro atoms. The number of nitrogens with zero attached hydrogens (tertiary/aromatic N) is 1. The van der Waals surface area contributed by atoms with Gasteiger partial charge < -0.3 is 0 Å². The SMILES string of the molecule is O=C(c1ccccc1)C1C[C@@H](Cc2ccc(-c3ccccc3)cc2)N(C(=O)c2ccccc2)C1=O. The number of benzene rings is 4. The molecule has 0 aromatic heterocycles. The molecule has 0 aliphatic carbocycles. The van der Waals surface area contributed by atoms with Gasteiger partial charge in [-0.2, -0.15) is 0 Å². The minimum Gasteiger partial charge on any atom is -0.293 e. The number of hydrogen-bond donors (Lipinski definition) is 0. The molecule has 0 saturated carbocycles. The summed E-state index contributed by atoms with van der Waals surface area (Å²) in [7, 11) is 0. The Labute approximate surface area is 204 Å². The van der Waals surface area contributed by atoms with Crippen LogP contribution in [0.15, 0.2) is 115 Å². The molecule has 1 heterocycles. The molecule has 4 heteroatoms. The van der Waals surface area contributed by atoms with E-state index in [1.165, 1.54) is 4.90 Å². The summed E-state index contributed by atoms with van der Waals surface area (Å²) in [4.78, 5) is 41.4. The number of amides is 2. The third-order valence-corrected chi connectivity index (χ3v) is 6.56. The molecule has 4 aromatic rings. The van der Waals surface area contributed by atoms with Crippen molar-refractivity contribution in [3.63, 3.8) is 0 Å². The van der Waals surface area contributed by atoms with Crippen LogP contribution >= 0.6 is 0 Å². The minimum absolute atomic E-state index is 0.233. The van der Waals surface area contributed by atoms with E-state index in [2.05, 4.69) is 24.3 Å². The van der Waals surface area contributed by atoms with Crippen LogP contribution in [0, 0.1) is 5.92 Å². The monoisotopic (exact) mass is 459 g/mol. The normalized spacial score (nSPS) is 17.4. The van der Waals surface area contributed by atoms with E-state index in [9.17, 15) is 14.4 Å². The van der Waals surface area contributed by atoms with Gasteiger partial charge in [0, 0.05) is 17.2 Å². The van der Waals surface area contributed by atoms with E-state index >= 15 is 0 Å². The number of Topliss-reactive ketones (excluding diaryl/α,β-unsaturated/α-hetero) is 1. The zero-order valence-electron chi connectivity index (χ0n) is 19.2. The van der Waals surface area contributed by atoms with Crippen molar-refractivity contribution in [3.05, 3.63) is 132 Å². The van der Waals surface area contributed by atoms with Gasteiger partial charge in [0.15, 0.2) is 5.78 Å². The predicted molar refractivity (Wildman–Crippen MR) is 136 cm³/mol. The van der Waals surface area contributed by atoms with E-state index in [0.717, 1.165) is 16.7 Å². The number of carbonyl (C=O) groups excluding carboxylic acids is 3. The Bertz CT molecular complexity index is 1330. The lowest BCUT2D eigenvalue weighted by molar-refractivity contribution is -0.128. The minimum atomic E-state index is -0.862. The van der Waals surface area contributed by atoms with Gasteiger partial charge in [0.2, 0.25) is 5.91 Å². The zero-order chi connectivity index (χ0) is 24.2. The highest BCUT2D eigenvalue weighted by Gasteiger charge is 2.46. The van der Waals surface area contributed by atoms with Crippen molar-refractivity contribution in [1.82, 2.24) is 4.90 Å². The van der Waals surface area contributed by atoms with Crippen molar-refractivity contribution in [2.24, 2.45) is 5.92 Å². The van der Waals surface area contributed by atoms with E-state index in [1.807, 2.05) is 42.5 Å². The van der Waals surface area contributed by atoms with Gasteiger partial charge in [-0.05, 0) is 41.7 Å².